The molecule has 0 saturated heterocycles. The Morgan fingerprint density at radius 3 is 2.50 bits per heavy atom. The van der Waals surface area contributed by atoms with Crippen molar-refractivity contribution in [3.63, 3.8) is 0 Å². The van der Waals surface area contributed by atoms with Crippen LogP contribution in [0.3, 0.4) is 0 Å². The molecule has 1 heteroatoms. The standard InChI is InChI=1S/C17H23N/c1-2-11-17(12-7-4-8-13-17)15-18-14-16-9-5-3-6-10-16/h1,3,5-6,9-10,18H,4,7-8,11-15H2. The van der Waals surface area contributed by atoms with E-state index in [1.54, 1.807) is 0 Å². The van der Waals surface area contributed by atoms with Crippen molar-refractivity contribution in [3.8, 4) is 12.3 Å². The maximum absolute atomic E-state index is 5.55. The van der Waals surface area contributed by atoms with Gasteiger partial charge in [-0.25, -0.2) is 0 Å². The number of terminal acetylenes is 1. The summed E-state index contributed by atoms with van der Waals surface area (Å²) in [5.74, 6) is 2.89. The van der Waals surface area contributed by atoms with Crippen LogP contribution in [-0.2, 0) is 6.54 Å². The quantitative estimate of drug-likeness (QED) is 0.774. The fourth-order valence-corrected chi connectivity index (χ4v) is 3.00. The first-order valence-electron chi connectivity index (χ1n) is 7.03. The highest BCUT2D eigenvalue weighted by molar-refractivity contribution is 5.14. The predicted octanol–water partition coefficient (Wildman–Crippen LogP) is 3.75. The second-order valence-corrected chi connectivity index (χ2v) is 5.53. The number of hydrogen-bond acceptors (Lipinski definition) is 1. The molecule has 0 radical (unpaired) electrons. The molecule has 1 aliphatic carbocycles. The Balaban J connectivity index is 1.84. The van der Waals surface area contributed by atoms with Gasteiger partial charge in [-0.3, -0.25) is 0 Å². The highest BCUT2D eigenvalue weighted by Gasteiger charge is 2.30. The van der Waals surface area contributed by atoms with Crippen LogP contribution in [0.5, 0.6) is 0 Å². The minimum Gasteiger partial charge on any atom is -0.312 e. The number of nitrogens with one attached hydrogen (secondary N) is 1. The Bertz CT molecular complexity index is 382. The Morgan fingerprint density at radius 1 is 1.11 bits per heavy atom. The molecule has 1 aromatic rings. The predicted molar refractivity (Wildman–Crippen MR) is 77.1 cm³/mol. The molecule has 0 spiro atoms. The zero-order chi connectivity index (χ0) is 12.7. The van der Waals surface area contributed by atoms with Crippen LogP contribution in [0.2, 0.25) is 0 Å². The van der Waals surface area contributed by atoms with E-state index in [9.17, 15) is 0 Å². The van der Waals surface area contributed by atoms with E-state index < -0.39 is 0 Å². The molecule has 1 aromatic carbocycles. The highest BCUT2D eigenvalue weighted by Crippen LogP contribution is 2.38. The van der Waals surface area contributed by atoms with E-state index in [1.807, 2.05) is 0 Å². The van der Waals surface area contributed by atoms with E-state index in [1.165, 1.54) is 37.7 Å². The first-order chi connectivity index (χ1) is 8.85. The third-order valence-corrected chi connectivity index (χ3v) is 4.06. The summed E-state index contributed by atoms with van der Waals surface area (Å²) in [6, 6.07) is 10.6. The molecule has 0 unspecified atom stereocenters. The Morgan fingerprint density at radius 2 is 1.83 bits per heavy atom. The molecular formula is C17H23N. The second-order valence-electron chi connectivity index (χ2n) is 5.53. The van der Waals surface area contributed by atoms with E-state index in [2.05, 4.69) is 41.6 Å². The summed E-state index contributed by atoms with van der Waals surface area (Å²) in [4.78, 5) is 0. The Hall–Kier alpha value is -1.26. The first kappa shape index (κ1) is 13.2. The van der Waals surface area contributed by atoms with Crippen LogP contribution in [0.25, 0.3) is 0 Å². The van der Waals surface area contributed by atoms with Gasteiger partial charge < -0.3 is 5.32 Å². The van der Waals surface area contributed by atoms with Crippen LogP contribution in [0, 0.1) is 17.8 Å². The molecule has 2 rings (SSSR count). The molecule has 0 aliphatic heterocycles. The van der Waals surface area contributed by atoms with Gasteiger partial charge in [-0.15, -0.1) is 12.3 Å². The van der Waals surface area contributed by atoms with Crippen LogP contribution in [0.1, 0.15) is 44.1 Å². The van der Waals surface area contributed by atoms with Gasteiger partial charge in [0.2, 0.25) is 0 Å². The van der Waals surface area contributed by atoms with Crippen molar-refractivity contribution in [2.45, 2.75) is 45.1 Å². The van der Waals surface area contributed by atoms with Gasteiger partial charge in [0.15, 0.2) is 0 Å². The summed E-state index contributed by atoms with van der Waals surface area (Å²) in [6.07, 6.45) is 13.1. The van der Waals surface area contributed by atoms with Crippen molar-refractivity contribution < 1.29 is 0 Å². The van der Waals surface area contributed by atoms with Crippen LogP contribution >= 0.6 is 0 Å². The normalized spacial score (nSPS) is 18.2. The average Bonchev–Trinajstić information content (AvgIpc) is 2.41. The Kier molecular flexibility index (Phi) is 4.84. The number of rotatable bonds is 5. The minimum atomic E-state index is 0.363. The van der Waals surface area contributed by atoms with E-state index in [0.717, 1.165) is 19.5 Å². The van der Waals surface area contributed by atoms with Gasteiger partial charge in [0.25, 0.3) is 0 Å². The molecule has 18 heavy (non-hydrogen) atoms. The molecule has 1 fully saturated rings. The molecule has 96 valence electrons. The van der Waals surface area contributed by atoms with Gasteiger partial charge in [0.05, 0.1) is 0 Å². The molecule has 0 amide bonds. The number of benzene rings is 1. The number of hydrogen-bond donors (Lipinski definition) is 1. The van der Waals surface area contributed by atoms with Gasteiger partial charge in [0.1, 0.15) is 0 Å². The van der Waals surface area contributed by atoms with Crippen molar-refractivity contribution in [3.05, 3.63) is 35.9 Å². The van der Waals surface area contributed by atoms with Crippen LogP contribution in [0.15, 0.2) is 30.3 Å². The lowest BCUT2D eigenvalue weighted by atomic mass is 9.72. The molecule has 1 aliphatic rings. The van der Waals surface area contributed by atoms with E-state index in [4.69, 9.17) is 6.42 Å². The maximum atomic E-state index is 5.55. The summed E-state index contributed by atoms with van der Waals surface area (Å²) in [7, 11) is 0. The summed E-state index contributed by atoms with van der Waals surface area (Å²) >= 11 is 0. The third kappa shape index (κ3) is 3.62. The molecule has 0 bridgehead atoms. The largest absolute Gasteiger partial charge is 0.312 e. The molecule has 1 N–H and O–H groups in total. The van der Waals surface area contributed by atoms with Gasteiger partial charge in [-0.05, 0) is 23.8 Å². The lowest BCUT2D eigenvalue weighted by Gasteiger charge is -2.36. The van der Waals surface area contributed by atoms with E-state index in [0.29, 0.717) is 5.41 Å². The molecule has 1 nitrogen and oxygen atoms in total. The fourth-order valence-electron chi connectivity index (χ4n) is 3.00. The molecule has 0 heterocycles. The van der Waals surface area contributed by atoms with Crippen molar-refractivity contribution in [1.29, 1.82) is 0 Å². The fraction of sp³-hybridized carbons (Fsp3) is 0.529. The average molecular weight is 241 g/mol. The maximum Gasteiger partial charge on any atom is 0.0205 e. The zero-order valence-corrected chi connectivity index (χ0v) is 11.1. The SMILES string of the molecule is C#CCC1(CNCc2ccccc2)CCCCC1. The molecule has 0 aromatic heterocycles. The lowest BCUT2D eigenvalue weighted by Crippen LogP contribution is -2.35. The van der Waals surface area contributed by atoms with Crippen molar-refractivity contribution >= 4 is 0 Å². The smallest absolute Gasteiger partial charge is 0.0205 e. The van der Waals surface area contributed by atoms with Crippen molar-refractivity contribution in [2.75, 3.05) is 6.54 Å². The first-order valence-corrected chi connectivity index (χ1v) is 7.03. The molecule has 1 saturated carbocycles. The zero-order valence-electron chi connectivity index (χ0n) is 11.1. The van der Waals surface area contributed by atoms with Crippen LogP contribution < -0.4 is 5.32 Å². The van der Waals surface area contributed by atoms with Crippen LogP contribution in [-0.4, -0.2) is 6.54 Å². The van der Waals surface area contributed by atoms with Gasteiger partial charge >= 0.3 is 0 Å². The monoisotopic (exact) mass is 241 g/mol. The molecular weight excluding hydrogens is 218 g/mol. The van der Waals surface area contributed by atoms with Gasteiger partial charge in [0, 0.05) is 19.5 Å². The molecule has 0 atom stereocenters. The lowest BCUT2D eigenvalue weighted by molar-refractivity contribution is 0.187. The summed E-state index contributed by atoms with van der Waals surface area (Å²) < 4.78 is 0. The minimum absolute atomic E-state index is 0.363. The summed E-state index contributed by atoms with van der Waals surface area (Å²) in [6.45, 7) is 2.01. The van der Waals surface area contributed by atoms with Crippen LogP contribution in [0.4, 0.5) is 0 Å². The van der Waals surface area contributed by atoms with E-state index >= 15 is 0 Å². The highest BCUT2D eigenvalue weighted by atomic mass is 14.9. The van der Waals surface area contributed by atoms with Crippen molar-refractivity contribution in [1.82, 2.24) is 5.32 Å². The second kappa shape index (κ2) is 6.61. The summed E-state index contributed by atoms with van der Waals surface area (Å²) in [5.41, 5.74) is 1.71. The topological polar surface area (TPSA) is 12.0 Å². The van der Waals surface area contributed by atoms with E-state index in [-0.39, 0.29) is 0 Å². The van der Waals surface area contributed by atoms with Crippen molar-refractivity contribution in [2.24, 2.45) is 5.41 Å². The van der Waals surface area contributed by atoms with Gasteiger partial charge in [-0.1, -0.05) is 49.6 Å². The van der Waals surface area contributed by atoms with Gasteiger partial charge in [-0.2, -0.15) is 0 Å². The Labute approximate surface area is 111 Å². The third-order valence-electron chi connectivity index (χ3n) is 4.06. The summed E-state index contributed by atoms with van der Waals surface area (Å²) in [5, 5.41) is 3.60.